The summed E-state index contributed by atoms with van der Waals surface area (Å²) in [5.74, 6) is 0. The van der Waals surface area contributed by atoms with Gasteiger partial charge in [-0.05, 0) is 24.6 Å². The van der Waals surface area contributed by atoms with Gasteiger partial charge in [0.1, 0.15) is 0 Å². The molecule has 12 heavy (non-hydrogen) atoms. The van der Waals surface area contributed by atoms with Gasteiger partial charge in [-0.1, -0.05) is 23.7 Å². The second-order valence-electron chi connectivity index (χ2n) is 2.82. The van der Waals surface area contributed by atoms with Gasteiger partial charge in [-0.15, -0.1) is 0 Å². The van der Waals surface area contributed by atoms with Crippen molar-refractivity contribution in [3.63, 3.8) is 0 Å². The highest BCUT2D eigenvalue weighted by Gasteiger charge is 2.10. The third-order valence-electron chi connectivity index (χ3n) is 1.77. The molecule has 2 nitrogen and oxygen atoms in total. The molecule has 1 aromatic rings. The molecule has 0 fully saturated rings. The van der Waals surface area contributed by atoms with E-state index in [4.69, 9.17) is 17.3 Å². The van der Waals surface area contributed by atoms with E-state index in [0.717, 1.165) is 5.56 Å². The summed E-state index contributed by atoms with van der Waals surface area (Å²) in [4.78, 5) is 0. The van der Waals surface area contributed by atoms with Crippen LogP contribution in [0.25, 0.3) is 0 Å². The second kappa shape index (κ2) is 3.90. The van der Waals surface area contributed by atoms with Crippen molar-refractivity contribution >= 4 is 11.6 Å². The van der Waals surface area contributed by atoms with Gasteiger partial charge in [0.15, 0.2) is 0 Å². The summed E-state index contributed by atoms with van der Waals surface area (Å²) in [6.45, 7) is 1.67. The van der Waals surface area contributed by atoms with Crippen LogP contribution in [0.15, 0.2) is 24.3 Å². The molecule has 3 N–H and O–H groups in total. The summed E-state index contributed by atoms with van der Waals surface area (Å²) in [6.07, 6.45) is -0.536. The Hall–Kier alpha value is -0.570. The van der Waals surface area contributed by atoms with Crippen molar-refractivity contribution < 1.29 is 5.11 Å². The average molecular weight is 186 g/mol. The van der Waals surface area contributed by atoms with Gasteiger partial charge in [0, 0.05) is 5.02 Å². The maximum Gasteiger partial charge on any atom is 0.0704 e. The first-order valence-corrected chi connectivity index (χ1v) is 4.18. The molecule has 0 saturated heterocycles. The molecule has 0 radical (unpaired) electrons. The number of aliphatic hydroxyl groups excluding tert-OH is 1. The molecule has 3 heteroatoms. The molecular formula is C9H12ClNO. The molecule has 0 amide bonds. The monoisotopic (exact) mass is 185 g/mol. The number of rotatable bonds is 2. The van der Waals surface area contributed by atoms with Crippen molar-refractivity contribution in [2.75, 3.05) is 0 Å². The molecule has 0 heterocycles. The van der Waals surface area contributed by atoms with Crippen molar-refractivity contribution in [2.45, 2.75) is 19.1 Å². The highest BCUT2D eigenvalue weighted by Crippen LogP contribution is 2.16. The number of nitrogens with two attached hydrogens (primary N) is 1. The van der Waals surface area contributed by atoms with E-state index in [0.29, 0.717) is 5.02 Å². The fourth-order valence-electron chi connectivity index (χ4n) is 0.964. The van der Waals surface area contributed by atoms with E-state index in [9.17, 15) is 5.11 Å². The smallest absolute Gasteiger partial charge is 0.0704 e. The van der Waals surface area contributed by atoms with Crippen molar-refractivity contribution in [1.29, 1.82) is 0 Å². The van der Waals surface area contributed by atoms with Gasteiger partial charge in [0.05, 0.1) is 12.1 Å². The predicted octanol–water partition coefficient (Wildman–Crippen LogP) is 1.72. The fraction of sp³-hybridized carbons (Fsp3) is 0.333. The number of halogens is 1. The van der Waals surface area contributed by atoms with Crippen LogP contribution in [-0.2, 0) is 0 Å². The maximum absolute atomic E-state index is 9.19. The molecule has 0 aliphatic heterocycles. The van der Waals surface area contributed by atoms with Gasteiger partial charge in [-0.2, -0.15) is 0 Å². The normalized spacial score (nSPS) is 15.7. The average Bonchev–Trinajstić information content (AvgIpc) is 2.04. The van der Waals surface area contributed by atoms with E-state index in [1.807, 2.05) is 12.1 Å². The molecular weight excluding hydrogens is 174 g/mol. The molecule has 0 spiro atoms. The largest absolute Gasteiger partial charge is 0.391 e. The first kappa shape index (κ1) is 9.52. The van der Waals surface area contributed by atoms with Crippen LogP contribution in [0.3, 0.4) is 0 Å². The first-order valence-electron chi connectivity index (χ1n) is 3.80. The molecule has 1 rings (SSSR count). The van der Waals surface area contributed by atoms with Crippen molar-refractivity contribution in [3.8, 4) is 0 Å². The Labute approximate surface area is 77.0 Å². The van der Waals surface area contributed by atoms with Gasteiger partial charge in [0.2, 0.25) is 0 Å². The van der Waals surface area contributed by atoms with Crippen LogP contribution in [0.2, 0.25) is 5.02 Å². The number of benzene rings is 1. The lowest BCUT2D eigenvalue weighted by Gasteiger charge is -2.14. The van der Waals surface area contributed by atoms with Crippen molar-refractivity contribution in [2.24, 2.45) is 5.73 Å². The van der Waals surface area contributed by atoms with Crippen LogP contribution in [0.1, 0.15) is 18.5 Å². The highest BCUT2D eigenvalue weighted by atomic mass is 35.5. The minimum absolute atomic E-state index is 0.331. The van der Waals surface area contributed by atoms with Gasteiger partial charge in [0.25, 0.3) is 0 Å². The Kier molecular flexibility index (Phi) is 3.09. The van der Waals surface area contributed by atoms with E-state index in [1.165, 1.54) is 0 Å². The number of aliphatic hydroxyl groups is 1. The molecule has 1 aromatic carbocycles. The molecule has 2 atom stereocenters. The molecule has 66 valence electrons. The highest BCUT2D eigenvalue weighted by molar-refractivity contribution is 6.30. The lowest BCUT2D eigenvalue weighted by molar-refractivity contribution is 0.164. The summed E-state index contributed by atoms with van der Waals surface area (Å²) >= 11 is 5.69. The Morgan fingerprint density at radius 3 is 2.25 bits per heavy atom. The van der Waals surface area contributed by atoms with E-state index in [-0.39, 0.29) is 6.04 Å². The molecule has 0 saturated carbocycles. The van der Waals surface area contributed by atoms with Gasteiger partial charge < -0.3 is 10.8 Å². The Bertz CT molecular complexity index is 245. The fourth-order valence-corrected chi connectivity index (χ4v) is 1.09. The standard InChI is InChI=1S/C9H12ClNO/c1-6(12)9(11)7-2-4-8(10)5-3-7/h2-6,9,12H,11H2,1H3/t6-,9-/m1/s1. The van der Waals surface area contributed by atoms with Gasteiger partial charge in [-0.3, -0.25) is 0 Å². The van der Waals surface area contributed by atoms with Crippen LogP contribution < -0.4 is 5.73 Å². The van der Waals surface area contributed by atoms with E-state index in [2.05, 4.69) is 0 Å². The topological polar surface area (TPSA) is 46.2 Å². The van der Waals surface area contributed by atoms with Gasteiger partial charge >= 0.3 is 0 Å². The summed E-state index contributed by atoms with van der Waals surface area (Å²) in [6, 6.07) is 6.83. The van der Waals surface area contributed by atoms with Crippen LogP contribution in [0.5, 0.6) is 0 Å². The Morgan fingerprint density at radius 2 is 1.83 bits per heavy atom. The molecule has 0 aromatic heterocycles. The third-order valence-corrected chi connectivity index (χ3v) is 2.03. The lowest BCUT2D eigenvalue weighted by Crippen LogP contribution is -2.22. The van der Waals surface area contributed by atoms with E-state index >= 15 is 0 Å². The third kappa shape index (κ3) is 2.21. The van der Waals surface area contributed by atoms with Crippen molar-refractivity contribution in [3.05, 3.63) is 34.9 Å². The summed E-state index contributed by atoms with van der Waals surface area (Å²) in [5, 5.41) is 9.86. The zero-order valence-corrected chi connectivity index (χ0v) is 7.62. The summed E-state index contributed by atoms with van der Waals surface area (Å²) in [5.41, 5.74) is 6.59. The molecule has 0 bridgehead atoms. The lowest BCUT2D eigenvalue weighted by atomic mass is 10.0. The van der Waals surface area contributed by atoms with E-state index in [1.54, 1.807) is 19.1 Å². The Morgan fingerprint density at radius 1 is 1.33 bits per heavy atom. The Balaban J connectivity index is 2.82. The predicted molar refractivity (Wildman–Crippen MR) is 50.1 cm³/mol. The summed E-state index contributed by atoms with van der Waals surface area (Å²) in [7, 11) is 0. The zero-order chi connectivity index (χ0) is 9.14. The summed E-state index contributed by atoms with van der Waals surface area (Å²) < 4.78 is 0. The van der Waals surface area contributed by atoms with Gasteiger partial charge in [-0.25, -0.2) is 0 Å². The second-order valence-corrected chi connectivity index (χ2v) is 3.25. The first-order chi connectivity index (χ1) is 5.61. The van der Waals surface area contributed by atoms with Crippen LogP contribution in [0, 0.1) is 0 Å². The zero-order valence-electron chi connectivity index (χ0n) is 6.87. The van der Waals surface area contributed by atoms with Crippen LogP contribution >= 0.6 is 11.6 Å². The maximum atomic E-state index is 9.19. The minimum Gasteiger partial charge on any atom is -0.391 e. The van der Waals surface area contributed by atoms with Crippen LogP contribution in [-0.4, -0.2) is 11.2 Å². The van der Waals surface area contributed by atoms with Crippen molar-refractivity contribution in [1.82, 2.24) is 0 Å². The van der Waals surface area contributed by atoms with E-state index < -0.39 is 6.10 Å². The number of hydrogen-bond acceptors (Lipinski definition) is 2. The quantitative estimate of drug-likeness (QED) is 0.737. The molecule has 0 aliphatic carbocycles. The molecule has 0 unspecified atom stereocenters. The SMILES string of the molecule is C[C@@H](O)[C@@H](N)c1ccc(Cl)cc1. The number of hydrogen-bond donors (Lipinski definition) is 2. The minimum atomic E-state index is -0.536. The van der Waals surface area contributed by atoms with Crippen LogP contribution in [0.4, 0.5) is 0 Å². The molecule has 0 aliphatic rings.